The highest BCUT2D eigenvalue weighted by molar-refractivity contribution is 5.96. The first kappa shape index (κ1) is 18.4. The van der Waals surface area contributed by atoms with Crippen molar-refractivity contribution in [2.75, 3.05) is 26.7 Å². The van der Waals surface area contributed by atoms with Crippen molar-refractivity contribution < 1.29 is 24.4 Å². The lowest BCUT2D eigenvalue weighted by Gasteiger charge is -2.31. The van der Waals surface area contributed by atoms with Gasteiger partial charge in [0.2, 0.25) is 5.91 Å². The van der Waals surface area contributed by atoms with E-state index in [-0.39, 0.29) is 23.7 Å². The molecule has 1 aliphatic rings. The van der Waals surface area contributed by atoms with E-state index in [0.29, 0.717) is 25.9 Å². The average Bonchev–Trinajstić information content (AvgIpc) is 2.61. The molecule has 1 aromatic carbocycles. The molecule has 1 heterocycles. The standard InChI is InChI=1S/C16H19N3O6/c1-17(15(21)12-3-2-4-13(9-12)19(24)25)10-14(20)18-7-5-11(6-8-18)16(22)23/h2-4,9,11H,5-8,10H2,1H3,(H,22,23). The van der Waals surface area contributed by atoms with Crippen LogP contribution in [0.3, 0.4) is 0 Å². The summed E-state index contributed by atoms with van der Waals surface area (Å²) in [5, 5.41) is 19.7. The van der Waals surface area contributed by atoms with Crippen LogP contribution in [0.2, 0.25) is 0 Å². The van der Waals surface area contributed by atoms with E-state index in [1.165, 1.54) is 41.1 Å². The van der Waals surface area contributed by atoms with Gasteiger partial charge in [-0.05, 0) is 18.9 Å². The number of nitro groups is 1. The number of hydrogen-bond donors (Lipinski definition) is 1. The Kier molecular flexibility index (Phi) is 5.68. The number of hydrogen-bond acceptors (Lipinski definition) is 5. The maximum Gasteiger partial charge on any atom is 0.306 e. The van der Waals surface area contributed by atoms with Gasteiger partial charge in [0, 0.05) is 37.8 Å². The number of carbonyl (C=O) groups is 3. The van der Waals surface area contributed by atoms with Gasteiger partial charge in [-0.3, -0.25) is 24.5 Å². The number of non-ortho nitro benzene ring substituents is 1. The average molecular weight is 349 g/mol. The number of likely N-dealkylation sites (tertiary alicyclic amines) is 1. The Morgan fingerprint density at radius 1 is 1.32 bits per heavy atom. The van der Waals surface area contributed by atoms with E-state index in [2.05, 4.69) is 0 Å². The number of likely N-dealkylation sites (N-methyl/N-ethyl adjacent to an activating group) is 1. The Morgan fingerprint density at radius 2 is 1.96 bits per heavy atom. The number of aliphatic carboxylic acids is 1. The van der Waals surface area contributed by atoms with Crippen LogP contribution in [-0.4, -0.2) is 64.3 Å². The minimum Gasteiger partial charge on any atom is -0.481 e. The third kappa shape index (κ3) is 4.52. The molecule has 0 radical (unpaired) electrons. The fourth-order valence-electron chi connectivity index (χ4n) is 2.72. The van der Waals surface area contributed by atoms with Crippen molar-refractivity contribution in [2.24, 2.45) is 5.92 Å². The summed E-state index contributed by atoms with van der Waals surface area (Å²) in [6.45, 7) is 0.516. The minimum absolute atomic E-state index is 0.133. The van der Waals surface area contributed by atoms with Gasteiger partial charge in [0.1, 0.15) is 0 Å². The number of carboxylic acid groups (broad SMARTS) is 1. The lowest BCUT2D eigenvalue weighted by atomic mass is 9.97. The largest absolute Gasteiger partial charge is 0.481 e. The number of rotatable bonds is 5. The van der Waals surface area contributed by atoms with Crippen LogP contribution < -0.4 is 0 Å². The van der Waals surface area contributed by atoms with Gasteiger partial charge >= 0.3 is 5.97 Å². The SMILES string of the molecule is CN(CC(=O)N1CCC(C(=O)O)CC1)C(=O)c1cccc([N+](=O)[O-])c1. The summed E-state index contributed by atoms with van der Waals surface area (Å²) in [4.78, 5) is 48.5. The van der Waals surface area contributed by atoms with E-state index in [1.54, 1.807) is 0 Å². The van der Waals surface area contributed by atoms with Crippen molar-refractivity contribution in [1.82, 2.24) is 9.80 Å². The molecule has 1 fully saturated rings. The summed E-state index contributed by atoms with van der Waals surface area (Å²) in [5.41, 5.74) is -0.0598. The number of nitro benzene ring substituents is 1. The molecule has 0 atom stereocenters. The molecule has 2 amide bonds. The maximum atomic E-state index is 12.3. The molecule has 1 aromatic rings. The van der Waals surface area contributed by atoms with Gasteiger partial charge < -0.3 is 14.9 Å². The lowest BCUT2D eigenvalue weighted by molar-refractivity contribution is -0.384. The Bertz CT molecular complexity index is 697. The van der Waals surface area contributed by atoms with Crippen LogP contribution in [0.1, 0.15) is 23.2 Å². The molecule has 0 spiro atoms. The third-order valence-electron chi connectivity index (χ3n) is 4.22. The summed E-state index contributed by atoms with van der Waals surface area (Å²) >= 11 is 0. The van der Waals surface area contributed by atoms with Gasteiger partial charge in [-0.2, -0.15) is 0 Å². The molecule has 0 aliphatic carbocycles. The number of piperidine rings is 1. The molecule has 1 aliphatic heterocycles. The van der Waals surface area contributed by atoms with Crippen molar-refractivity contribution in [3.8, 4) is 0 Å². The summed E-state index contributed by atoms with van der Waals surface area (Å²) in [5.74, 6) is -2.05. The molecule has 25 heavy (non-hydrogen) atoms. The Morgan fingerprint density at radius 3 is 2.52 bits per heavy atom. The molecular formula is C16H19N3O6. The van der Waals surface area contributed by atoms with Gasteiger partial charge in [0.15, 0.2) is 0 Å². The molecule has 0 bridgehead atoms. The molecule has 9 heteroatoms. The molecule has 0 aromatic heterocycles. The van der Waals surface area contributed by atoms with Crippen LogP contribution >= 0.6 is 0 Å². The van der Waals surface area contributed by atoms with Gasteiger partial charge in [-0.15, -0.1) is 0 Å². The minimum atomic E-state index is -0.856. The third-order valence-corrected chi connectivity index (χ3v) is 4.22. The second-order valence-electron chi connectivity index (χ2n) is 5.96. The summed E-state index contributed by atoms with van der Waals surface area (Å²) in [7, 11) is 1.45. The van der Waals surface area contributed by atoms with Crippen molar-refractivity contribution >= 4 is 23.5 Å². The molecule has 0 unspecified atom stereocenters. The van der Waals surface area contributed by atoms with Gasteiger partial charge in [-0.25, -0.2) is 0 Å². The number of amides is 2. The van der Waals surface area contributed by atoms with Crippen LogP contribution in [-0.2, 0) is 9.59 Å². The van der Waals surface area contributed by atoms with E-state index in [0.717, 1.165) is 0 Å². The van der Waals surface area contributed by atoms with Crippen LogP contribution in [0.15, 0.2) is 24.3 Å². The van der Waals surface area contributed by atoms with Crippen molar-refractivity contribution in [3.63, 3.8) is 0 Å². The Balaban J connectivity index is 1.95. The monoisotopic (exact) mass is 349 g/mol. The van der Waals surface area contributed by atoms with Gasteiger partial charge in [0.05, 0.1) is 17.4 Å². The summed E-state index contributed by atoms with van der Waals surface area (Å²) < 4.78 is 0. The molecule has 2 rings (SSSR count). The number of benzene rings is 1. The fourth-order valence-corrected chi connectivity index (χ4v) is 2.72. The normalized spacial score (nSPS) is 14.8. The van der Waals surface area contributed by atoms with Crippen LogP contribution in [0.25, 0.3) is 0 Å². The van der Waals surface area contributed by atoms with E-state index in [1.807, 2.05) is 0 Å². The van der Waals surface area contributed by atoms with E-state index in [9.17, 15) is 24.5 Å². The van der Waals surface area contributed by atoms with E-state index < -0.39 is 22.7 Å². The highest BCUT2D eigenvalue weighted by Gasteiger charge is 2.28. The molecule has 9 nitrogen and oxygen atoms in total. The Hall–Kier alpha value is -2.97. The molecule has 0 saturated carbocycles. The second-order valence-corrected chi connectivity index (χ2v) is 5.96. The first-order valence-corrected chi connectivity index (χ1v) is 7.80. The predicted octanol–water partition coefficient (Wildman–Crippen LogP) is 0.990. The van der Waals surface area contributed by atoms with E-state index >= 15 is 0 Å². The number of nitrogens with zero attached hydrogens (tertiary/aromatic N) is 3. The smallest absolute Gasteiger partial charge is 0.306 e. The quantitative estimate of drug-likeness (QED) is 0.625. The number of carbonyl (C=O) groups excluding carboxylic acids is 2. The highest BCUT2D eigenvalue weighted by atomic mass is 16.6. The Labute approximate surface area is 144 Å². The topological polar surface area (TPSA) is 121 Å². The first-order valence-electron chi connectivity index (χ1n) is 7.80. The highest BCUT2D eigenvalue weighted by Crippen LogP contribution is 2.18. The van der Waals surface area contributed by atoms with Crippen molar-refractivity contribution in [3.05, 3.63) is 39.9 Å². The molecule has 1 saturated heterocycles. The summed E-state index contributed by atoms with van der Waals surface area (Å²) in [6, 6.07) is 5.32. The zero-order chi connectivity index (χ0) is 18.6. The molecule has 1 N–H and O–H groups in total. The van der Waals surface area contributed by atoms with Crippen LogP contribution in [0.4, 0.5) is 5.69 Å². The van der Waals surface area contributed by atoms with Gasteiger partial charge in [-0.1, -0.05) is 6.07 Å². The molecule has 134 valence electrons. The fraction of sp³-hybridized carbons (Fsp3) is 0.438. The maximum absolute atomic E-state index is 12.3. The van der Waals surface area contributed by atoms with Crippen LogP contribution in [0.5, 0.6) is 0 Å². The van der Waals surface area contributed by atoms with Crippen LogP contribution in [0, 0.1) is 16.0 Å². The zero-order valence-corrected chi connectivity index (χ0v) is 13.8. The van der Waals surface area contributed by atoms with Crippen molar-refractivity contribution in [1.29, 1.82) is 0 Å². The van der Waals surface area contributed by atoms with Gasteiger partial charge in [0.25, 0.3) is 11.6 Å². The zero-order valence-electron chi connectivity index (χ0n) is 13.8. The molecular weight excluding hydrogens is 330 g/mol. The van der Waals surface area contributed by atoms with Crippen molar-refractivity contribution in [2.45, 2.75) is 12.8 Å². The number of carboxylic acids is 1. The first-order chi connectivity index (χ1) is 11.8. The lowest BCUT2D eigenvalue weighted by Crippen LogP contribution is -2.45. The predicted molar refractivity (Wildman–Crippen MR) is 87.0 cm³/mol. The summed E-state index contributed by atoms with van der Waals surface area (Å²) in [6.07, 6.45) is 0.785. The second kappa shape index (κ2) is 7.73. The van der Waals surface area contributed by atoms with E-state index in [4.69, 9.17) is 5.11 Å².